The number of carbonyl (C=O) groups excluding carboxylic acids is 2. The predicted octanol–water partition coefficient (Wildman–Crippen LogP) is 3.28. The summed E-state index contributed by atoms with van der Waals surface area (Å²) in [6.45, 7) is 9.67. The quantitative estimate of drug-likeness (QED) is 0.0826. The number of nitrogens with zero attached hydrogens (tertiary/aromatic N) is 2. The minimum atomic E-state index is -1.31. The van der Waals surface area contributed by atoms with Crippen LogP contribution >= 0.6 is 0 Å². The van der Waals surface area contributed by atoms with Gasteiger partial charge < -0.3 is 43.4 Å². The molecule has 55 heavy (non-hydrogen) atoms. The number of amides is 2. The summed E-state index contributed by atoms with van der Waals surface area (Å²) in [4.78, 5) is 43.6. The van der Waals surface area contributed by atoms with E-state index in [-0.39, 0.29) is 75.8 Å². The largest absolute Gasteiger partial charge is 0.481 e. The lowest BCUT2D eigenvalue weighted by Gasteiger charge is -2.64. The Kier molecular flexibility index (Phi) is 12.1. The van der Waals surface area contributed by atoms with Gasteiger partial charge in [0, 0.05) is 23.1 Å². The SMILES string of the molecule is C/C(=C/c1ccc(C#C[C@@]2(O)CC[C@@]3(C)C(CC(O)C4C3C[C@H](O)[C@]3(C)C(C(C)CCC(=O)O)CCC43)C2)cc1/C=C(/C)C(=O)N=C(N)N)C(=O)N=C(N)N. The van der Waals surface area contributed by atoms with Gasteiger partial charge in [-0.3, -0.25) is 14.4 Å². The molecule has 13 heteroatoms. The number of nitrogens with two attached hydrogens (primary N) is 4. The maximum atomic E-state index is 12.6. The van der Waals surface area contributed by atoms with E-state index in [1.807, 2.05) is 0 Å². The number of hydrogen-bond donors (Lipinski definition) is 8. The van der Waals surface area contributed by atoms with Crippen molar-refractivity contribution in [3.63, 3.8) is 0 Å². The van der Waals surface area contributed by atoms with Crippen molar-refractivity contribution in [2.45, 2.75) is 110 Å². The highest BCUT2D eigenvalue weighted by Gasteiger charge is 2.66. The molecular formula is C42H58N6O7. The van der Waals surface area contributed by atoms with Gasteiger partial charge in [-0.05, 0) is 147 Å². The van der Waals surface area contributed by atoms with Gasteiger partial charge in [0.2, 0.25) is 0 Å². The summed E-state index contributed by atoms with van der Waals surface area (Å²) in [6.07, 6.45) is 7.17. The molecule has 1 aromatic rings. The zero-order valence-corrected chi connectivity index (χ0v) is 32.6. The predicted molar refractivity (Wildman–Crippen MR) is 211 cm³/mol. The van der Waals surface area contributed by atoms with Crippen LogP contribution in [0.2, 0.25) is 0 Å². The zero-order chi connectivity index (χ0) is 40.6. The van der Waals surface area contributed by atoms with Crippen LogP contribution in [0.25, 0.3) is 12.2 Å². The first-order valence-electron chi connectivity index (χ1n) is 19.3. The summed E-state index contributed by atoms with van der Waals surface area (Å²) < 4.78 is 0. The third-order valence-electron chi connectivity index (χ3n) is 13.8. The first-order chi connectivity index (χ1) is 25.7. The Hall–Kier alpha value is -4.51. The molecule has 1 aromatic carbocycles. The average Bonchev–Trinajstić information content (AvgIpc) is 3.46. The lowest BCUT2D eigenvalue weighted by molar-refractivity contribution is -0.211. The average molecular weight is 759 g/mol. The van der Waals surface area contributed by atoms with Crippen LogP contribution in [0.1, 0.15) is 109 Å². The Labute approximate surface area is 323 Å². The number of benzene rings is 1. The Morgan fingerprint density at radius 3 is 2.15 bits per heavy atom. The van der Waals surface area contributed by atoms with E-state index in [2.05, 4.69) is 42.6 Å². The van der Waals surface area contributed by atoms with Gasteiger partial charge in [0.15, 0.2) is 11.9 Å². The third-order valence-corrected chi connectivity index (χ3v) is 13.8. The van der Waals surface area contributed by atoms with Crippen molar-refractivity contribution in [3.8, 4) is 11.8 Å². The minimum absolute atomic E-state index is 0.0130. The molecule has 0 bridgehead atoms. The van der Waals surface area contributed by atoms with E-state index < -0.39 is 35.6 Å². The zero-order valence-electron chi connectivity index (χ0n) is 32.6. The number of carboxylic acid groups (broad SMARTS) is 1. The second kappa shape index (κ2) is 15.9. The number of guanidine groups is 2. The van der Waals surface area contributed by atoms with Crippen molar-refractivity contribution in [2.24, 2.45) is 79.3 Å². The Morgan fingerprint density at radius 2 is 1.55 bits per heavy atom. The maximum absolute atomic E-state index is 12.6. The number of carboxylic acids is 1. The van der Waals surface area contributed by atoms with Crippen LogP contribution in [0.15, 0.2) is 39.3 Å². The van der Waals surface area contributed by atoms with E-state index in [4.69, 9.17) is 22.9 Å². The topological polar surface area (TPSA) is 261 Å². The fourth-order valence-electron chi connectivity index (χ4n) is 10.9. The molecule has 0 saturated heterocycles. The fraction of sp³-hybridized carbons (Fsp3) is 0.595. The van der Waals surface area contributed by atoms with E-state index >= 15 is 0 Å². The number of hydrogen-bond acceptors (Lipinski definition) is 6. The molecule has 4 aliphatic rings. The molecule has 0 heterocycles. The molecule has 2 amide bonds. The lowest BCUT2D eigenvalue weighted by Crippen LogP contribution is -2.63. The maximum Gasteiger partial charge on any atom is 0.303 e. The van der Waals surface area contributed by atoms with Gasteiger partial charge >= 0.3 is 5.97 Å². The number of fused-ring (bicyclic) bond motifs is 5. The minimum Gasteiger partial charge on any atom is -0.481 e. The number of carbonyl (C=O) groups is 3. The Bertz CT molecular complexity index is 1890. The van der Waals surface area contributed by atoms with Gasteiger partial charge in [-0.15, -0.1) is 0 Å². The third kappa shape index (κ3) is 8.52. The molecule has 4 aliphatic carbocycles. The van der Waals surface area contributed by atoms with Crippen LogP contribution < -0.4 is 22.9 Å². The summed E-state index contributed by atoms with van der Waals surface area (Å²) in [5.74, 6) is 4.08. The molecule has 0 radical (unpaired) electrons. The standard InChI is InChI=1S/C42H58N6O7/c1-22(6-11-34(51)52)29-9-10-30-35-31(20-33(50)41(29,30)5)40(4)14-15-42(55,21-28(40)19-32(35)49)13-12-25-7-8-26(16-23(2)36(53)47-38(43)44)27(18-25)17-24(3)37(54)48-39(45)46/h7-8,16-18,22,28-33,35,49-50,55H,6,9-11,14-15,19-21H2,1-5H3,(H,51,52)(H4,43,44,47,53)(H4,45,46,48,54)/b23-16-,24-17-/t22?,28?,29?,30?,31?,32?,33-,35?,40-,41+,42+/m0/s1. The Morgan fingerprint density at radius 1 is 0.927 bits per heavy atom. The highest BCUT2D eigenvalue weighted by Crippen LogP contribution is 2.69. The summed E-state index contributed by atoms with van der Waals surface area (Å²) in [5, 5.41) is 45.0. The first-order valence-corrected chi connectivity index (χ1v) is 19.3. The summed E-state index contributed by atoms with van der Waals surface area (Å²) in [6, 6.07) is 5.24. The van der Waals surface area contributed by atoms with Gasteiger partial charge in [0.25, 0.3) is 11.8 Å². The van der Waals surface area contributed by atoms with E-state index in [1.54, 1.807) is 44.2 Å². The molecule has 5 rings (SSSR count). The van der Waals surface area contributed by atoms with Crippen LogP contribution in [-0.4, -0.2) is 67.9 Å². The van der Waals surface area contributed by atoms with Gasteiger partial charge in [-0.2, -0.15) is 9.98 Å². The monoisotopic (exact) mass is 758 g/mol. The Balaban J connectivity index is 1.40. The normalized spacial score (nSPS) is 34.8. The highest BCUT2D eigenvalue weighted by atomic mass is 16.4. The molecule has 7 unspecified atom stereocenters. The molecule has 12 N–H and O–H groups in total. The lowest BCUT2D eigenvalue weighted by atomic mass is 9.42. The van der Waals surface area contributed by atoms with Gasteiger partial charge in [0.05, 0.1) is 12.2 Å². The summed E-state index contributed by atoms with van der Waals surface area (Å²) in [7, 11) is 0. The molecular weight excluding hydrogens is 700 g/mol. The van der Waals surface area contributed by atoms with Crippen molar-refractivity contribution in [1.82, 2.24) is 0 Å². The van der Waals surface area contributed by atoms with E-state index in [1.165, 1.54) is 0 Å². The fourth-order valence-corrected chi connectivity index (χ4v) is 10.9. The number of rotatable bonds is 8. The van der Waals surface area contributed by atoms with E-state index in [9.17, 15) is 34.8 Å². The van der Waals surface area contributed by atoms with Gasteiger partial charge in [-0.25, -0.2) is 0 Å². The van der Waals surface area contributed by atoms with Crippen LogP contribution in [0.3, 0.4) is 0 Å². The molecule has 11 atom stereocenters. The van der Waals surface area contributed by atoms with Crippen molar-refractivity contribution in [1.29, 1.82) is 0 Å². The number of aliphatic hydroxyl groups is 3. The summed E-state index contributed by atoms with van der Waals surface area (Å²) in [5.41, 5.74) is 21.8. The summed E-state index contributed by atoms with van der Waals surface area (Å²) >= 11 is 0. The molecule has 13 nitrogen and oxygen atoms in total. The number of aliphatic carboxylic acids is 1. The van der Waals surface area contributed by atoms with Crippen LogP contribution in [0.5, 0.6) is 0 Å². The van der Waals surface area contributed by atoms with Crippen molar-refractivity contribution in [2.75, 3.05) is 0 Å². The molecule has 0 aliphatic heterocycles. The van der Waals surface area contributed by atoms with E-state index in [0.29, 0.717) is 55.2 Å². The number of aliphatic hydroxyl groups excluding tert-OH is 2. The van der Waals surface area contributed by atoms with Crippen LogP contribution in [0, 0.1) is 58.2 Å². The van der Waals surface area contributed by atoms with Crippen LogP contribution in [0.4, 0.5) is 0 Å². The second-order valence-corrected chi connectivity index (χ2v) is 17.2. The van der Waals surface area contributed by atoms with Crippen LogP contribution in [-0.2, 0) is 14.4 Å². The molecule has 0 aromatic heterocycles. The number of aliphatic imine (C=N–C) groups is 2. The highest BCUT2D eigenvalue weighted by molar-refractivity contribution is 6.05. The van der Waals surface area contributed by atoms with Gasteiger partial charge in [0.1, 0.15) is 5.60 Å². The molecule has 4 fully saturated rings. The first kappa shape index (κ1) is 41.6. The van der Waals surface area contributed by atoms with Crippen molar-refractivity contribution in [3.05, 3.63) is 46.0 Å². The van der Waals surface area contributed by atoms with Crippen molar-refractivity contribution >= 4 is 41.9 Å². The second-order valence-electron chi connectivity index (χ2n) is 17.2. The van der Waals surface area contributed by atoms with Crippen molar-refractivity contribution < 1.29 is 34.8 Å². The van der Waals surface area contributed by atoms with Gasteiger partial charge in [-0.1, -0.05) is 38.7 Å². The smallest absolute Gasteiger partial charge is 0.303 e. The molecule has 0 spiro atoms. The van der Waals surface area contributed by atoms with E-state index in [0.717, 1.165) is 12.8 Å². The molecule has 4 saturated carbocycles. The molecule has 298 valence electrons.